The van der Waals surface area contributed by atoms with Gasteiger partial charge in [-0.2, -0.15) is 0 Å². The van der Waals surface area contributed by atoms with Crippen LogP contribution in [0.5, 0.6) is 0 Å². The zero-order valence-corrected chi connectivity index (χ0v) is 11.5. The first kappa shape index (κ1) is 14.7. The van der Waals surface area contributed by atoms with Crippen LogP contribution < -0.4 is 5.32 Å². The summed E-state index contributed by atoms with van der Waals surface area (Å²) < 4.78 is 0. The maximum absolute atomic E-state index is 3.24. The fourth-order valence-corrected chi connectivity index (χ4v) is 2.19. The van der Waals surface area contributed by atoms with Crippen LogP contribution in [-0.4, -0.2) is 13.6 Å². The molecule has 1 nitrogen and oxygen atoms in total. The Balaban J connectivity index is 0.00000162. The van der Waals surface area contributed by atoms with Crippen molar-refractivity contribution in [3.63, 3.8) is 0 Å². The molecule has 18 heavy (non-hydrogen) atoms. The summed E-state index contributed by atoms with van der Waals surface area (Å²) in [6, 6.07) is 21.5. The Morgan fingerprint density at radius 1 is 0.833 bits per heavy atom. The Bertz CT molecular complexity index is 388. The predicted molar refractivity (Wildman–Crippen MR) is 80.5 cm³/mol. The second-order valence-electron chi connectivity index (χ2n) is 4.27. The third kappa shape index (κ3) is 3.86. The third-order valence-corrected chi connectivity index (χ3v) is 3.09. The van der Waals surface area contributed by atoms with Gasteiger partial charge in [0, 0.05) is 5.92 Å². The molecule has 2 aromatic rings. The molecule has 0 atom stereocenters. The minimum Gasteiger partial charge on any atom is -0.320 e. The maximum Gasteiger partial charge on any atom is 0.0101 e. The Morgan fingerprint density at radius 3 is 1.67 bits per heavy atom. The summed E-state index contributed by atoms with van der Waals surface area (Å²) in [5, 5.41) is 3.24. The smallest absolute Gasteiger partial charge is 0.0101 e. The lowest BCUT2D eigenvalue weighted by Gasteiger charge is -2.17. The van der Waals surface area contributed by atoms with Gasteiger partial charge >= 0.3 is 0 Å². The molecule has 0 aromatic heterocycles. The monoisotopic (exact) mass is 261 g/mol. The summed E-state index contributed by atoms with van der Waals surface area (Å²) in [7, 11) is 2.01. The van der Waals surface area contributed by atoms with Crippen molar-refractivity contribution in [1.29, 1.82) is 0 Å². The summed E-state index contributed by atoms with van der Waals surface area (Å²) in [5.41, 5.74) is 2.79. The molecule has 2 heteroatoms. The lowest BCUT2D eigenvalue weighted by molar-refractivity contribution is 0.662. The van der Waals surface area contributed by atoms with E-state index in [9.17, 15) is 0 Å². The number of benzene rings is 2. The fraction of sp³-hybridized carbons (Fsp3) is 0.250. The highest BCUT2D eigenvalue weighted by molar-refractivity contribution is 5.85. The lowest BCUT2D eigenvalue weighted by atomic mass is 9.88. The van der Waals surface area contributed by atoms with Crippen LogP contribution in [0, 0.1) is 0 Å². The molecule has 0 saturated heterocycles. The van der Waals surface area contributed by atoms with E-state index in [0.717, 1.165) is 13.0 Å². The number of hydrogen-bond acceptors (Lipinski definition) is 1. The highest BCUT2D eigenvalue weighted by Gasteiger charge is 2.12. The second kappa shape index (κ2) is 7.91. The maximum atomic E-state index is 3.24. The van der Waals surface area contributed by atoms with E-state index in [1.54, 1.807) is 0 Å². The molecule has 1 N–H and O–H groups in total. The highest BCUT2D eigenvalue weighted by Crippen LogP contribution is 2.27. The van der Waals surface area contributed by atoms with Crippen LogP contribution >= 0.6 is 12.4 Å². The first-order chi connectivity index (χ1) is 8.42. The molecule has 0 amide bonds. The van der Waals surface area contributed by atoms with Gasteiger partial charge in [0.25, 0.3) is 0 Å². The van der Waals surface area contributed by atoms with Crippen molar-refractivity contribution in [3.05, 3.63) is 71.8 Å². The molecule has 0 spiro atoms. The summed E-state index contributed by atoms with van der Waals surface area (Å²) in [4.78, 5) is 0. The molecular weight excluding hydrogens is 242 g/mol. The van der Waals surface area contributed by atoms with Crippen LogP contribution in [0.25, 0.3) is 0 Å². The summed E-state index contributed by atoms with van der Waals surface area (Å²) in [6.45, 7) is 1.04. The van der Waals surface area contributed by atoms with Crippen molar-refractivity contribution in [3.8, 4) is 0 Å². The van der Waals surface area contributed by atoms with Crippen molar-refractivity contribution in [2.45, 2.75) is 12.3 Å². The number of rotatable bonds is 5. The van der Waals surface area contributed by atoms with Crippen LogP contribution in [0.15, 0.2) is 60.7 Å². The number of hydrogen-bond donors (Lipinski definition) is 1. The van der Waals surface area contributed by atoms with Gasteiger partial charge in [-0.1, -0.05) is 60.7 Å². The van der Waals surface area contributed by atoms with Crippen molar-refractivity contribution in [1.82, 2.24) is 5.32 Å². The largest absolute Gasteiger partial charge is 0.320 e. The third-order valence-electron chi connectivity index (χ3n) is 3.09. The zero-order chi connectivity index (χ0) is 11.9. The van der Waals surface area contributed by atoms with Crippen LogP contribution in [-0.2, 0) is 0 Å². The Morgan fingerprint density at radius 2 is 1.28 bits per heavy atom. The van der Waals surface area contributed by atoms with E-state index in [1.165, 1.54) is 11.1 Å². The molecule has 0 heterocycles. The molecule has 2 rings (SSSR count). The van der Waals surface area contributed by atoms with E-state index < -0.39 is 0 Å². The number of nitrogens with one attached hydrogen (secondary N) is 1. The fourth-order valence-electron chi connectivity index (χ4n) is 2.19. The Kier molecular flexibility index (Phi) is 6.48. The van der Waals surface area contributed by atoms with E-state index in [0.29, 0.717) is 5.92 Å². The molecule has 96 valence electrons. The molecule has 0 bridgehead atoms. The Hall–Kier alpha value is -1.31. The van der Waals surface area contributed by atoms with Gasteiger partial charge in [-0.25, -0.2) is 0 Å². The van der Waals surface area contributed by atoms with Gasteiger partial charge in [0.2, 0.25) is 0 Å². The van der Waals surface area contributed by atoms with Crippen LogP contribution in [0.2, 0.25) is 0 Å². The van der Waals surface area contributed by atoms with Crippen LogP contribution in [0.3, 0.4) is 0 Å². The van der Waals surface area contributed by atoms with Gasteiger partial charge in [-0.15, -0.1) is 12.4 Å². The molecule has 0 saturated carbocycles. The second-order valence-corrected chi connectivity index (χ2v) is 4.27. The summed E-state index contributed by atoms with van der Waals surface area (Å²) in [6.07, 6.45) is 1.13. The van der Waals surface area contributed by atoms with Gasteiger partial charge in [0.1, 0.15) is 0 Å². The molecule has 0 fully saturated rings. The SMILES string of the molecule is CNCCC(c1ccccc1)c1ccccc1.Cl. The van der Waals surface area contributed by atoms with Gasteiger partial charge in [0.05, 0.1) is 0 Å². The normalized spacial score (nSPS) is 10.1. The Labute approximate surface area is 116 Å². The topological polar surface area (TPSA) is 12.0 Å². The van der Waals surface area contributed by atoms with Crippen LogP contribution in [0.1, 0.15) is 23.5 Å². The van der Waals surface area contributed by atoms with Crippen molar-refractivity contribution in [2.75, 3.05) is 13.6 Å². The summed E-state index contributed by atoms with van der Waals surface area (Å²) >= 11 is 0. The van der Waals surface area contributed by atoms with Gasteiger partial charge in [0.15, 0.2) is 0 Å². The van der Waals surface area contributed by atoms with E-state index in [2.05, 4.69) is 66.0 Å². The minimum atomic E-state index is 0. The predicted octanol–water partition coefficient (Wildman–Crippen LogP) is 3.85. The van der Waals surface area contributed by atoms with E-state index in [-0.39, 0.29) is 12.4 Å². The first-order valence-electron chi connectivity index (χ1n) is 6.16. The first-order valence-corrected chi connectivity index (χ1v) is 6.16. The van der Waals surface area contributed by atoms with Gasteiger partial charge < -0.3 is 5.32 Å². The quantitative estimate of drug-likeness (QED) is 0.862. The lowest BCUT2D eigenvalue weighted by Crippen LogP contribution is -2.13. The standard InChI is InChI=1S/C16H19N.ClH/c1-17-13-12-16(14-8-4-2-5-9-14)15-10-6-3-7-11-15;/h2-11,16-17H,12-13H2,1H3;1H. The molecule has 0 aliphatic carbocycles. The molecule has 0 aliphatic heterocycles. The van der Waals surface area contributed by atoms with Crippen LogP contribution in [0.4, 0.5) is 0 Å². The highest BCUT2D eigenvalue weighted by atomic mass is 35.5. The average molecular weight is 262 g/mol. The van der Waals surface area contributed by atoms with Crippen molar-refractivity contribution >= 4 is 12.4 Å². The average Bonchev–Trinajstić information content (AvgIpc) is 2.42. The van der Waals surface area contributed by atoms with Crippen molar-refractivity contribution < 1.29 is 0 Å². The molecule has 2 aromatic carbocycles. The van der Waals surface area contributed by atoms with Gasteiger partial charge in [-0.3, -0.25) is 0 Å². The molecule has 0 aliphatic rings. The van der Waals surface area contributed by atoms with E-state index in [4.69, 9.17) is 0 Å². The number of halogens is 1. The van der Waals surface area contributed by atoms with E-state index >= 15 is 0 Å². The van der Waals surface area contributed by atoms with E-state index in [1.807, 2.05) is 7.05 Å². The minimum absolute atomic E-state index is 0. The molecule has 0 radical (unpaired) electrons. The molecule has 0 unspecified atom stereocenters. The molecular formula is C16H20ClN. The van der Waals surface area contributed by atoms with Crippen molar-refractivity contribution in [2.24, 2.45) is 0 Å². The van der Waals surface area contributed by atoms with Gasteiger partial charge in [-0.05, 0) is 31.1 Å². The summed E-state index contributed by atoms with van der Waals surface area (Å²) in [5.74, 6) is 0.491. The zero-order valence-electron chi connectivity index (χ0n) is 10.7.